The number of anilines is 1. The average molecular weight is 457 g/mol. The van der Waals surface area contributed by atoms with Crippen LogP contribution in [0.15, 0.2) is 78.0 Å². The van der Waals surface area contributed by atoms with E-state index in [4.69, 9.17) is 9.47 Å². The number of methoxy groups -OCH3 is 1. The maximum atomic E-state index is 13.2. The molecular formula is C26H23N3O5. The second-order valence-corrected chi connectivity index (χ2v) is 7.45. The molecule has 0 aliphatic heterocycles. The van der Waals surface area contributed by atoms with Crippen LogP contribution >= 0.6 is 0 Å². The number of ketones is 1. The minimum Gasteiger partial charge on any atom is -0.497 e. The standard InChI is InChI=1S/C26H23N3O5/c1-3-34-19-6-4-18(5-7-19)28-24(30)16-29-15-22(25(31)17-10-12-27-13-11-17)26(32)21-9-8-20(33-2)14-23(21)29/h4-15H,3,16H2,1-2H3,(H,28,30). The van der Waals surface area contributed by atoms with Gasteiger partial charge in [0.2, 0.25) is 11.3 Å². The van der Waals surface area contributed by atoms with Gasteiger partial charge in [0.05, 0.1) is 24.8 Å². The Balaban J connectivity index is 1.71. The number of carbonyl (C=O) groups excluding carboxylic acids is 2. The third-order valence-corrected chi connectivity index (χ3v) is 5.24. The van der Waals surface area contributed by atoms with Crippen molar-refractivity contribution in [3.63, 3.8) is 0 Å². The Kier molecular flexibility index (Phi) is 6.68. The first-order chi connectivity index (χ1) is 16.5. The largest absolute Gasteiger partial charge is 0.497 e. The van der Waals surface area contributed by atoms with E-state index in [1.807, 2.05) is 6.92 Å². The van der Waals surface area contributed by atoms with Gasteiger partial charge >= 0.3 is 0 Å². The van der Waals surface area contributed by atoms with Gasteiger partial charge in [-0.15, -0.1) is 0 Å². The van der Waals surface area contributed by atoms with Crippen molar-refractivity contribution in [2.45, 2.75) is 13.5 Å². The molecule has 0 fully saturated rings. The fourth-order valence-corrected chi connectivity index (χ4v) is 3.60. The van der Waals surface area contributed by atoms with Gasteiger partial charge in [-0.05, 0) is 55.5 Å². The molecule has 4 rings (SSSR count). The molecule has 0 saturated carbocycles. The molecule has 2 heterocycles. The summed E-state index contributed by atoms with van der Waals surface area (Å²) in [4.78, 5) is 43.0. The highest BCUT2D eigenvalue weighted by Crippen LogP contribution is 2.21. The van der Waals surface area contributed by atoms with E-state index in [1.165, 1.54) is 25.7 Å². The molecule has 0 spiro atoms. The van der Waals surface area contributed by atoms with Crippen LogP contribution in [0.1, 0.15) is 22.8 Å². The summed E-state index contributed by atoms with van der Waals surface area (Å²) in [5, 5.41) is 3.14. The molecule has 1 amide bonds. The molecule has 0 bridgehead atoms. The molecule has 4 aromatic rings. The van der Waals surface area contributed by atoms with Gasteiger partial charge in [0.1, 0.15) is 18.0 Å². The van der Waals surface area contributed by atoms with Crippen molar-refractivity contribution in [3.05, 3.63) is 94.5 Å². The Morgan fingerprint density at radius 2 is 1.71 bits per heavy atom. The zero-order valence-electron chi connectivity index (χ0n) is 18.8. The summed E-state index contributed by atoms with van der Waals surface area (Å²) in [5.41, 5.74) is 0.979. The maximum Gasteiger partial charge on any atom is 0.244 e. The number of hydrogen-bond acceptors (Lipinski definition) is 6. The molecule has 8 nitrogen and oxygen atoms in total. The lowest BCUT2D eigenvalue weighted by atomic mass is 10.0. The van der Waals surface area contributed by atoms with Crippen LogP contribution in [-0.2, 0) is 11.3 Å². The summed E-state index contributed by atoms with van der Waals surface area (Å²) in [6.07, 6.45) is 4.40. The second kappa shape index (κ2) is 9.99. The van der Waals surface area contributed by atoms with Gasteiger partial charge in [0, 0.05) is 41.3 Å². The number of pyridine rings is 2. The number of aromatic nitrogens is 2. The van der Waals surface area contributed by atoms with Crippen molar-refractivity contribution < 1.29 is 19.1 Å². The van der Waals surface area contributed by atoms with Crippen LogP contribution in [0.5, 0.6) is 11.5 Å². The molecule has 0 saturated heterocycles. The van der Waals surface area contributed by atoms with Crippen LogP contribution in [0.25, 0.3) is 10.9 Å². The molecule has 2 aromatic heterocycles. The zero-order chi connectivity index (χ0) is 24.1. The highest BCUT2D eigenvalue weighted by Gasteiger charge is 2.19. The third-order valence-electron chi connectivity index (χ3n) is 5.24. The van der Waals surface area contributed by atoms with Crippen LogP contribution in [0.2, 0.25) is 0 Å². The summed E-state index contributed by atoms with van der Waals surface area (Å²) < 4.78 is 12.3. The minimum absolute atomic E-state index is 0.0299. The van der Waals surface area contributed by atoms with Gasteiger partial charge in [-0.2, -0.15) is 0 Å². The number of benzene rings is 2. The molecule has 172 valence electrons. The molecule has 2 aromatic carbocycles. The molecule has 34 heavy (non-hydrogen) atoms. The number of nitrogens with zero attached hydrogens (tertiary/aromatic N) is 2. The Bertz CT molecular complexity index is 1400. The third kappa shape index (κ3) is 4.80. The zero-order valence-corrected chi connectivity index (χ0v) is 18.8. The van der Waals surface area contributed by atoms with Gasteiger partial charge in [-0.25, -0.2) is 0 Å². The summed E-state index contributed by atoms with van der Waals surface area (Å²) in [6, 6.07) is 15.0. The molecule has 1 N–H and O–H groups in total. The predicted octanol–water partition coefficient (Wildman–Crippen LogP) is 3.67. The lowest BCUT2D eigenvalue weighted by Gasteiger charge is -2.14. The van der Waals surface area contributed by atoms with Crippen molar-refractivity contribution in [3.8, 4) is 11.5 Å². The first-order valence-corrected chi connectivity index (χ1v) is 10.7. The maximum absolute atomic E-state index is 13.2. The van der Waals surface area contributed by atoms with Gasteiger partial charge < -0.3 is 19.4 Å². The van der Waals surface area contributed by atoms with Gasteiger partial charge in [0.25, 0.3) is 0 Å². The quantitative estimate of drug-likeness (QED) is 0.405. The summed E-state index contributed by atoms with van der Waals surface area (Å²) >= 11 is 0. The average Bonchev–Trinajstić information content (AvgIpc) is 2.87. The fourth-order valence-electron chi connectivity index (χ4n) is 3.60. The SMILES string of the molecule is CCOc1ccc(NC(=O)Cn2cc(C(=O)c3ccncc3)c(=O)c3ccc(OC)cc32)cc1. The second-order valence-electron chi connectivity index (χ2n) is 7.45. The summed E-state index contributed by atoms with van der Waals surface area (Å²) in [5.74, 6) is 0.476. The summed E-state index contributed by atoms with van der Waals surface area (Å²) in [6.45, 7) is 2.33. The lowest BCUT2D eigenvalue weighted by Crippen LogP contribution is -2.24. The number of amides is 1. The predicted molar refractivity (Wildman–Crippen MR) is 129 cm³/mol. The highest BCUT2D eigenvalue weighted by molar-refractivity contribution is 6.10. The van der Waals surface area contributed by atoms with Crippen LogP contribution in [-0.4, -0.2) is 35.0 Å². The highest BCUT2D eigenvalue weighted by atomic mass is 16.5. The van der Waals surface area contributed by atoms with Crippen molar-refractivity contribution in [2.24, 2.45) is 0 Å². The molecule has 8 heteroatoms. The van der Waals surface area contributed by atoms with E-state index in [1.54, 1.807) is 59.2 Å². The fraction of sp³-hybridized carbons (Fsp3) is 0.154. The number of rotatable bonds is 8. The lowest BCUT2D eigenvalue weighted by molar-refractivity contribution is -0.116. The van der Waals surface area contributed by atoms with E-state index >= 15 is 0 Å². The monoisotopic (exact) mass is 457 g/mol. The molecule has 0 aliphatic carbocycles. The first-order valence-electron chi connectivity index (χ1n) is 10.7. The van der Waals surface area contributed by atoms with E-state index < -0.39 is 11.2 Å². The molecular weight excluding hydrogens is 434 g/mol. The van der Waals surface area contributed by atoms with E-state index in [2.05, 4.69) is 10.3 Å². The van der Waals surface area contributed by atoms with Crippen molar-refractivity contribution in [1.82, 2.24) is 9.55 Å². The number of hydrogen-bond donors (Lipinski definition) is 1. The van der Waals surface area contributed by atoms with Crippen LogP contribution in [0, 0.1) is 0 Å². The molecule has 0 aliphatic rings. The normalized spacial score (nSPS) is 10.6. The molecule has 0 radical (unpaired) electrons. The van der Waals surface area contributed by atoms with E-state index in [0.29, 0.717) is 40.3 Å². The van der Waals surface area contributed by atoms with Crippen molar-refractivity contribution in [1.29, 1.82) is 0 Å². The van der Waals surface area contributed by atoms with Gasteiger partial charge in [0.15, 0.2) is 5.78 Å². The van der Waals surface area contributed by atoms with E-state index in [9.17, 15) is 14.4 Å². The number of ether oxygens (including phenoxy) is 2. The van der Waals surface area contributed by atoms with Crippen molar-refractivity contribution in [2.75, 3.05) is 19.0 Å². The van der Waals surface area contributed by atoms with Crippen LogP contribution < -0.4 is 20.2 Å². The van der Waals surface area contributed by atoms with Gasteiger partial charge in [-0.3, -0.25) is 19.4 Å². The first kappa shape index (κ1) is 22.7. The van der Waals surface area contributed by atoms with Crippen molar-refractivity contribution >= 4 is 28.3 Å². The topological polar surface area (TPSA) is 99.5 Å². The molecule has 0 atom stereocenters. The Morgan fingerprint density at radius 1 is 1.00 bits per heavy atom. The Hall–Kier alpha value is -4.46. The minimum atomic E-state index is -0.439. The van der Waals surface area contributed by atoms with E-state index in [-0.39, 0.29) is 18.0 Å². The Morgan fingerprint density at radius 3 is 2.38 bits per heavy atom. The van der Waals surface area contributed by atoms with E-state index in [0.717, 1.165) is 0 Å². The molecule has 0 unspecified atom stereocenters. The number of carbonyl (C=O) groups is 2. The van der Waals surface area contributed by atoms with Crippen LogP contribution in [0.4, 0.5) is 5.69 Å². The van der Waals surface area contributed by atoms with Crippen LogP contribution in [0.3, 0.4) is 0 Å². The number of nitrogens with one attached hydrogen (secondary N) is 1. The Labute approximate surface area is 195 Å². The smallest absolute Gasteiger partial charge is 0.244 e. The number of fused-ring (bicyclic) bond motifs is 1. The van der Waals surface area contributed by atoms with Gasteiger partial charge in [-0.1, -0.05) is 0 Å². The summed E-state index contributed by atoms with van der Waals surface area (Å²) in [7, 11) is 1.52.